The summed E-state index contributed by atoms with van der Waals surface area (Å²) in [5.41, 5.74) is 0.916. The van der Waals surface area contributed by atoms with Gasteiger partial charge in [-0.2, -0.15) is 0 Å². The van der Waals surface area contributed by atoms with Crippen molar-refractivity contribution in [2.24, 2.45) is 5.41 Å². The van der Waals surface area contributed by atoms with E-state index in [0.29, 0.717) is 17.1 Å². The van der Waals surface area contributed by atoms with E-state index < -0.39 is 0 Å². The fourth-order valence-corrected chi connectivity index (χ4v) is 1.48. The molecule has 0 saturated carbocycles. The van der Waals surface area contributed by atoms with E-state index in [2.05, 4.69) is 26.1 Å². The van der Waals surface area contributed by atoms with E-state index in [1.807, 2.05) is 0 Å². The molecule has 0 atom stereocenters. The third-order valence-corrected chi connectivity index (χ3v) is 3.13. The van der Waals surface area contributed by atoms with Gasteiger partial charge in [0.25, 0.3) is 0 Å². The van der Waals surface area contributed by atoms with Crippen molar-refractivity contribution in [2.45, 2.75) is 33.7 Å². The third kappa shape index (κ3) is 4.11. The number of halogens is 2. The van der Waals surface area contributed by atoms with Crippen molar-refractivity contribution in [2.75, 3.05) is 6.54 Å². The number of hydrogen-bond donors (Lipinski definition) is 1. The Morgan fingerprint density at radius 2 is 2.06 bits per heavy atom. The highest BCUT2D eigenvalue weighted by Crippen LogP contribution is 2.19. The van der Waals surface area contributed by atoms with Gasteiger partial charge in [0.2, 0.25) is 0 Å². The van der Waals surface area contributed by atoms with Gasteiger partial charge in [-0.25, -0.2) is 4.39 Å². The maximum Gasteiger partial charge on any atom is 0.129 e. The topological polar surface area (TPSA) is 12.0 Å². The molecular weight excluding hydrogens is 225 g/mol. The van der Waals surface area contributed by atoms with Gasteiger partial charge in [0.15, 0.2) is 0 Å². The van der Waals surface area contributed by atoms with Crippen molar-refractivity contribution >= 4 is 11.6 Å². The maximum atomic E-state index is 13.4. The van der Waals surface area contributed by atoms with E-state index in [1.54, 1.807) is 12.1 Å². The number of benzene rings is 1. The van der Waals surface area contributed by atoms with E-state index in [4.69, 9.17) is 11.6 Å². The van der Waals surface area contributed by atoms with E-state index in [1.165, 1.54) is 6.07 Å². The lowest BCUT2D eigenvalue weighted by molar-refractivity contribution is 0.326. The Balaban J connectivity index is 2.49. The molecule has 0 unspecified atom stereocenters. The summed E-state index contributed by atoms with van der Waals surface area (Å²) < 4.78 is 13.4. The van der Waals surface area contributed by atoms with Gasteiger partial charge >= 0.3 is 0 Å². The van der Waals surface area contributed by atoms with Crippen LogP contribution in [-0.2, 0) is 6.54 Å². The molecule has 0 aliphatic rings. The predicted octanol–water partition coefficient (Wildman–Crippen LogP) is 4.00. The average Bonchev–Trinajstić information content (AvgIpc) is 2.21. The van der Waals surface area contributed by atoms with Gasteiger partial charge in [-0.05, 0) is 24.0 Å². The van der Waals surface area contributed by atoms with E-state index >= 15 is 0 Å². The predicted molar refractivity (Wildman–Crippen MR) is 67.2 cm³/mol. The van der Waals surface area contributed by atoms with E-state index in [9.17, 15) is 4.39 Å². The molecule has 1 N–H and O–H groups in total. The fourth-order valence-electron chi connectivity index (χ4n) is 1.33. The monoisotopic (exact) mass is 243 g/mol. The van der Waals surface area contributed by atoms with E-state index in [-0.39, 0.29) is 11.2 Å². The van der Waals surface area contributed by atoms with Crippen LogP contribution in [0.25, 0.3) is 0 Å². The molecule has 0 aliphatic heterocycles. The zero-order valence-electron chi connectivity index (χ0n) is 10.1. The fraction of sp³-hybridized carbons (Fsp3) is 0.538. The van der Waals surface area contributed by atoms with Crippen LogP contribution >= 0.6 is 11.6 Å². The molecule has 0 amide bonds. The average molecular weight is 244 g/mol. The molecule has 0 saturated heterocycles. The second kappa shape index (κ2) is 5.65. The Hall–Kier alpha value is -0.600. The Morgan fingerprint density at radius 3 is 2.62 bits per heavy atom. The lowest BCUT2D eigenvalue weighted by Gasteiger charge is -2.23. The molecule has 1 aromatic rings. The van der Waals surface area contributed by atoms with Crippen molar-refractivity contribution < 1.29 is 4.39 Å². The molecule has 0 heterocycles. The SMILES string of the molecule is CCC(C)(C)CNCc1ccc(Cl)cc1F. The summed E-state index contributed by atoms with van der Waals surface area (Å²) in [7, 11) is 0. The van der Waals surface area contributed by atoms with Crippen molar-refractivity contribution in [3.05, 3.63) is 34.6 Å². The van der Waals surface area contributed by atoms with Crippen LogP contribution in [-0.4, -0.2) is 6.54 Å². The molecule has 1 nitrogen and oxygen atoms in total. The lowest BCUT2D eigenvalue weighted by Crippen LogP contribution is -2.28. The second-order valence-electron chi connectivity index (χ2n) is 4.86. The highest BCUT2D eigenvalue weighted by atomic mass is 35.5. The highest BCUT2D eigenvalue weighted by Gasteiger charge is 2.14. The van der Waals surface area contributed by atoms with Gasteiger partial charge in [-0.15, -0.1) is 0 Å². The molecule has 0 bridgehead atoms. The molecule has 16 heavy (non-hydrogen) atoms. The summed E-state index contributed by atoms with van der Waals surface area (Å²) >= 11 is 5.69. The summed E-state index contributed by atoms with van der Waals surface area (Å²) in [5, 5.41) is 3.71. The molecule has 0 fully saturated rings. The minimum Gasteiger partial charge on any atom is -0.312 e. The van der Waals surface area contributed by atoms with Crippen LogP contribution < -0.4 is 5.32 Å². The van der Waals surface area contributed by atoms with Gasteiger partial charge in [0, 0.05) is 23.7 Å². The number of nitrogens with one attached hydrogen (secondary N) is 1. The third-order valence-electron chi connectivity index (χ3n) is 2.89. The minimum atomic E-state index is -0.241. The van der Waals surface area contributed by atoms with Gasteiger partial charge in [-0.3, -0.25) is 0 Å². The van der Waals surface area contributed by atoms with Gasteiger partial charge in [-0.1, -0.05) is 38.4 Å². The summed E-state index contributed by atoms with van der Waals surface area (Å²) in [5.74, 6) is -0.241. The van der Waals surface area contributed by atoms with Crippen LogP contribution in [0.1, 0.15) is 32.8 Å². The first-order valence-corrected chi connectivity index (χ1v) is 5.97. The minimum absolute atomic E-state index is 0.241. The number of hydrogen-bond acceptors (Lipinski definition) is 1. The Labute approximate surface area is 102 Å². The molecule has 0 aromatic heterocycles. The first-order chi connectivity index (χ1) is 7.44. The van der Waals surface area contributed by atoms with Crippen LogP contribution in [0.4, 0.5) is 4.39 Å². The van der Waals surface area contributed by atoms with Gasteiger partial charge < -0.3 is 5.32 Å². The number of rotatable bonds is 5. The quantitative estimate of drug-likeness (QED) is 0.824. The molecule has 0 radical (unpaired) electrons. The lowest BCUT2D eigenvalue weighted by atomic mass is 9.90. The summed E-state index contributed by atoms with van der Waals surface area (Å²) in [6.45, 7) is 7.97. The Kier molecular flexibility index (Phi) is 4.75. The van der Waals surface area contributed by atoms with Gasteiger partial charge in [0.1, 0.15) is 5.82 Å². The van der Waals surface area contributed by atoms with Crippen LogP contribution in [0, 0.1) is 11.2 Å². The second-order valence-corrected chi connectivity index (χ2v) is 5.29. The highest BCUT2D eigenvalue weighted by molar-refractivity contribution is 6.30. The van der Waals surface area contributed by atoms with Crippen LogP contribution in [0.15, 0.2) is 18.2 Å². The Morgan fingerprint density at radius 1 is 1.38 bits per heavy atom. The maximum absolute atomic E-state index is 13.4. The largest absolute Gasteiger partial charge is 0.312 e. The Bertz CT molecular complexity index is 350. The molecule has 0 spiro atoms. The standard InChI is InChI=1S/C13H19ClFN/c1-4-13(2,3)9-16-8-10-5-6-11(14)7-12(10)15/h5-7,16H,4,8-9H2,1-3H3. The van der Waals surface area contributed by atoms with Crippen LogP contribution in [0.5, 0.6) is 0 Å². The summed E-state index contributed by atoms with van der Waals surface area (Å²) in [6.07, 6.45) is 1.10. The molecule has 3 heteroatoms. The van der Waals surface area contributed by atoms with Crippen LogP contribution in [0.2, 0.25) is 5.02 Å². The molecule has 90 valence electrons. The van der Waals surface area contributed by atoms with Crippen molar-refractivity contribution in [3.8, 4) is 0 Å². The van der Waals surface area contributed by atoms with Crippen molar-refractivity contribution in [1.29, 1.82) is 0 Å². The molecule has 1 aromatic carbocycles. The van der Waals surface area contributed by atoms with E-state index in [0.717, 1.165) is 13.0 Å². The van der Waals surface area contributed by atoms with Crippen molar-refractivity contribution in [3.63, 3.8) is 0 Å². The summed E-state index contributed by atoms with van der Waals surface area (Å²) in [4.78, 5) is 0. The zero-order chi connectivity index (χ0) is 12.2. The smallest absolute Gasteiger partial charge is 0.129 e. The molecule has 0 aliphatic carbocycles. The van der Waals surface area contributed by atoms with Gasteiger partial charge in [0.05, 0.1) is 0 Å². The zero-order valence-corrected chi connectivity index (χ0v) is 10.9. The summed E-state index contributed by atoms with van der Waals surface area (Å²) in [6, 6.07) is 4.79. The van der Waals surface area contributed by atoms with Crippen molar-refractivity contribution in [1.82, 2.24) is 5.32 Å². The first-order valence-electron chi connectivity index (χ1n) is 5.59. The first kappa shape index (κ1) is 13.5. The molecular formula is C13H19ClFN. The normalized spacial score (nSPS) is 11.8. The molecule has 1 rings (SSSR count). The van der Waals surface area contributed by atoms with Crippen LogP contribution in [0.3, 0.4) is 0 Å².